The zero-order valence-corrected chi connectivity index (χ0v) is 12.0. The van der Waals surface area contributed by atoms with Gasteiger partial charge in [-0.15, -0.1) is 0 Å². The Kier molecular flexibility index (Phi) is 5.02. The molecule has 0 fully saturated rings. The predicted octanol–water partition coefficient (Wildman–Crippen LogP) is 0.721. The molecule has 23 heavy (non-hydrogen) atoms. The van der Waals surface area contributed by atoms with E-state index in [1.807, 2.05) is 0 Å². The number of nitrogens with one attached hydrogen (secondary N) is 1. The van der Waals surface area contributed by atoms with Crippen LogP contribution in [-0.4, -0.2) is 32.5 Å². The van der Waals surface area contributed by atoms with E-state index in [0.717, 1.165) is 0 Å². The number of aromatic nitrogens is 2. The molecule has 1 aromatic heterocycles. The Morgan fingerprint density at radius 2 is 1.91 bits per heavy atom. The highest BCUT2D eigenvalue weighted by Gasteiger charge is 2.24. The summed E-state index contributed by atoms with van der Waals surface area (Å²) in [4.78, 5) is 12.0. The lowest BCUT2D eigenvalue weighted by Gasteiger charge is -2.18. The van der Waals surface area contributed by atoms with Gasteiger partial charge in [0, 0.05) is 18.8 Å². The molecule has 2 aromatic rings. The number of hydrogen-bond donors (Lipinski definition) is 3. The summed E-state index contributed by atoms with van der Waals surface area (Å²) in [6.45, 7) is -0.476. The molecule has 0 aliphatic rings. The number of amides is 1. The lowest BCUT2D eigenvalue weighted by molar-refractivity contribution is -0.130. The molecule has 0 saturated carbocycles. The van der Waals surface area contributed by atoms with Crippen LogP contribution in [0.5, 0.6) is 0 Å². The van der Waals surface area contributed by atoms with E-state index in [0.29, 0.717) is 17.7 Å². The second-order valence-corrected chi connectivity index (χ2v) is 4.89. The largest absolute Gasteiger partial charge is 0.394 e. The fraction of sp³-hybridized carbons (Fsp3) is 0.286. The summed E-state index contributed by atoms with van der Waals surface area (Å²) in [5, 5.41) is 25.4. The summed E-state index contributed by atoms with van der Waals surface area (Å²) in [6.07, 6.45) is 1.03. The fourth-order valence-corrected chi connectivity index (χ4v) is 1.99. The first-order valence-electron chi connectivity index (χ1n) is 6.55. The number of halogens is 3. The highest BCUT2D eigenvalue weighted by atomic mass is 19.2. The Morgan fingerprint density at radius 1 is 1.30 bits per heavy atom. The zero-order chi connectivity index (χ0) is 17.1. The molecule has 124 valence electrons. The van der Waals surface area contributed by atoms with E-state index < -0.39 is 47.7 Å². The van der Waals surface area contributed by atoms with Crippen molar-refractivity contribution in [3.05, 3.63) is 53.1 Å². The number of rotatable bonds is 5. The normalized spacial score (nSPS) is 13.7. The van der Waals surface area contributed by atoms with Gasteiger partial charge in [0.2, 0.25) is 0 Å². The minimum atomic E-state index is -1.93. The molecule has 0 saturated heterocycles. The summed E-state index contributed by atoms with van der Waals surface area (Å²) in [6, 6.07) is 0.197. The van der Waals surface area contributed by atoms with Crippen LogP contribution in [0, 0.1) is 17.5 Å². The van der Waals surface area contributed by atoms with Crippen molar-refractivity contribution in [1.29, 1.82) is 0 Å². The Morgan fingerprint density at radius 3 is 2.39 bits per heavy atom. The first kappa shape index (κ1) is 17.0. The van der Waals surface area contributed by atoms with Crippen LogP contribution >= 0.6 is 0 Å². The monoisotopic (exact) mass is 329 g/mol. The molecule has 1 heterocycles. The minimum absolute atomic E-state index is 0.443. The topological polar surface area (TPSA) is 87.4 Å². The van der Waals surface area contributed by atoms with Gasteiger partial charge in [-0.1, -0.05) is 0 Å². The number of aliphatic hydroxyl groups excluding tert-OH is 2. The number of carbonyl (C=O) groups excluding carboxylic acids is 1. The Bertz CT molecular complexity index is 697. The minimum Gasteiger partial charge on any atom is -0.394 e. The third-order valence-corrected chi connectivity index (χ3v) is 3.20. The van der Waals surface area contributed by atoms with Gasteiger partial charge >= 0.3 is 0 Å². The maximum atomic E-state index is 13.2. The Balaban J connectivity index is 2.16. The average Bonchev–Trinajstić information content (AvgIpc) is 2.95. The van der Waals surface area contributed by atoms with Gasteiger partial charge in [0.15, 0.2) is 23.6 Å². The van der Waals surface area contributed by atoms with Crippen molar-refractivity contribution in [2.24, 2.45) is 7.05 Å². The van der Waals surface area contributed by atoms with Crippen LogP contribution in [0.1, 0.15) is 23.3 Å². The third kappa shape index (κ3) is 3.69. The van der Waals surface area contributed by atoms with Gasteiger partial charge in [-0.2, -0.15) is 5.10 Å². The molecule has 6 nitrogen and oxygen atoms in total. The molecule has 2 unspecified atom stereocenters. The van der Waals surface area contributed by atoms with Crippen molar-refractivity contribution < 1.29 is 28.2 Å². The van der Waals surface area contributed by atoms with Crippen LogP contribution < -0.4 is 5.32 Å². The Labute approximate surface area is 129 Å². The molecule has 0 aliphatic heterocycles. The van der Waals surface area contributed by atoms with Crippen LogP contribution in [0.3, 0.4) is 0 Å². The molecule has 9 heteroatoms. The molecule has 0 aliphatic carbocycles. The van der Waals surface area contributed by atoms with Crippen molar-refractivity contribution in [2.75, 3.05) is 6.61 Å². The quantitative estimate of drug-likeness (QED) is 0.706. The zero-order valence-electron chi connectivity index (χ0n) is 12.0. The van der Waals surface area contributed by atoms with Crippen molar-refractivity contribution in [3.8, 4) is 0 Å². The second kappa shape index (κ2) is 6.80. The van der Waals surface area contributed by atoms with Crippen LogP contribution in [0.2, 0.25) is 0 Å². The molecule has 0 radical (unpaired) electrons. The van der Waals surface area contributed by atoms with E-state index in [1.54, 1.807) is 13.2 Å². The number of aliphatic hydroxyl groups is 2. The molecule has 2 atom stereocenters. The highest BCUT2D eigenvalue weighted by Crippen LogP contribution is 2.21. The number of hydrogen-bond acceptors (Lipinski definition) is 4. The van der Waals surface area contributed by atoms with E-state index in [9.17, 15) is 28.2 Å². The van der Waals surface area contributed by atoms with Crippen LogP contribution in [0.4, 0.5) is 13.2 Å². The summed E-state index contributed by atoms with van der Waals surface area (Å²) >= 11 is 0. The van der Waals surface area contributed by atoms with Crippen LogP contribution in [-0.2, 0) is 11.8 Å². The van der Waals surface area contributed by atoms with Gasteiger partial charge in [0.25, 0.3) is 5.91 Å². The van der Waals surface area contributed by atoms with E-state index in [-0.39, 0.29) is 0 Å². The van der Waals surface area contributed by atoms with Crippen molar-refractivity contribution in [2.45, 2.75) is 12.1 Å². The van der Waals surface area contributed by atoms with Gasteiger partial charge in [0.1, 0.15) is 0 Å². The summed E-state index contributed by atoms with van der Waals surface area (Å²) in [5.41, 5.74) is 0.0359. The lowest BCUT2D eigenvalue weighted by atomic mass is 10.1. The van der Waals surface area contributed by atoms with Crippen LogP contribution in [0.25, 0.3) is 0 Å². The van der Waals surface area contributed by atoms with Gasteiger partial charge in [-0.3, -0.25) is 9.48 Å². The van der Waals surface area contributed by atoms with Gasteiger partial charge in [-0.25, -0.2) is 13.2 Å². The Hall–Kier alpha value is -2.39. The molecule has 2 rings (SSSR count). The van der Waals surface area contributed by atoms with Crippen molar-refractivity contribution >= 4 is 5.91 Å². The molecular formula is C14H14F3N3O3. The smallest absolute Gasteiger partial charge is 0.254 e. The van der Waals surface area contributed by atoms with E-state index >= 15 is 0 Å². The first-order valence-corrected chi connectivity index (χ1v) is 6.55. The number of carbonyl (C=O) groups is 1. The van der Waals surface area contributed by atoms with Crippen LogP contribution in [0.15, 0.2) is 24.5 Å². The maximum Gasteiger partial charge on any atom is 0.254 e. The summed E-state index contributed by atoms with van der Waals surface area (Å²) in [7, 11) is 1.64. The van der Waals surface area contributed by atoms with Crippen molar-refractivity contribution in [3.63, 3.8) is 0 Å². The standard InChI is InChI=1S/C14H14F3N3O3/c1-20-5-8(4-18-20)11(6-21)19-14(23)13(22)7-2-9(15)12(17)10(16)3-7/h2-5,11,13,21-22H,6H2,1H3,(H,19,23). The summed E-state index contributed by atoms with van der Waals surface area (Å²) in [5.74, 6) is -5.72. The highest BCUT2D eigenvalue weighted by molar-refractivity contribution is 5.82. The fourth-order valence-electron chi connectivity index (χ4n) is 1.99. The SMILES string of the molecule is Cn1cc(C(CO)NC(=O)C(O)c2cc(F)c(F)c(F)c2)cn1. The van der Waals surface area contributed by atoms with E-state index in [1.165, 1.54) is 10.9 Å². The average molecular weight is 329 g/mol. The molecule has 1 aromatic carbocycles. The number of nitrogens with zero attached hydrogens (tertiary/aromatic N) is 2. The second-order valence-electron chi connectivity index (χ2n) is 4.89. The van der Waals surface area contributed by atoms with E-state index in [4.69, 9.17) is 0 Å². The number of benzene rings is 1. The maximum absolute atomic E-state index is 13.2. The van der Waals surface area contributed by atoms with Gasteiger partial charge in [0.05, 0.1) is 18.8 Å². The molecule has 3 N–H and O–H groups in total. The number of aryl methyl sites for hydroxylation is 1. The molecule has 0 bridgehead atoms. The van der Waals surface area contributed by atoms with Gasteiger partial charge in [-0.05, 0) is 17.7 Å². The van der Waals surface area contributed by atoms with Crippen molar-refractivity contribution in [1.82, 2.24) is 15.1 Å². The first-order chi connectivity index (χ1) is 10.8. The molecule has 0 spiro atoms. The lowest BCUT2D eigenvalue weighted by Crippen LogP contribution is -2.34. The summed E-state index contributed by atoms with van der Waals surface area (Å²) < 4.78 is 40.6. The van der Waals surface area contributed by atoms with Gasteiger partial charge < -0.3 is 15.5 Å². The molecule has 1 amide bonds. The van der Waals surface area contributed by atoms with E-state index in [2.05, 4.69) is 10.4 Å². The third-order valence-electron chi connectivity index (χ3n) is 3.20. The predicted molar refractivity (Wildman–Crippen MR) is 72.5 cm³/mol. The molecular weight excluding hydrogens is 315 g/mol.